The van der Waals surface area contributed by atoms with Crippen molar-refractivity contribution in [2.75, 3.05) is 0 Å². The second-order valence-corrected chi connectivity index (χ2v) is 3.80. The first-order valence-electron chi connectivity index (χ1n) is 4.63. The molecule has 0 N–H and O–H groups in total. The summed E-state index contributed by atoms with van der Waals surface area (Å²) in [5.41, 5.74) is 1.82. The van der Waals surface area contributed by atoms with Crippen LogP contribution >= 0.6 is 11.6 Å². The second kappa shape index (κ2) is 3.17. The van der Waals surface area contributed by atoms with E-state index in [1.807, 2.05) is 30.3 Å². The van der Waals surface area contributed by atoms with Gasteiger partial charge in [0.1, 0.15) is 0 Å². The molecule has 0 aliphatic carbocycles. The van der Waals surface area contributed by atoms with Gasteiger partial charge in [-0.3, -0.25) is 9.97 Å². The molecule has 0 amide bonds. The molecule has 72 valence electrons. The van der Waals surface area contributed by atoms with E-state index in [4.69, 9.17) is 11.6 Å². The van der Waals surface area contributed by atoms with Gasteiger partial charge in [0.25, 0.3) is 0 Å². The lowest BCUT2D eigenvalue weighted by molar-refractivity contribution is 1.37. The fraction of sp³-hybridized carbons (Fsp3) is 0. The van der Waals surface area contributed by atoms with Gasteiger partial charge < -0.3 is 0 Å². The van der Waals surface area contributed by atoms with Gasteiger partial charge in [0.2, 0.25) is 0 Å². The molecule has 0 atom stereocenters. The minimum atomic E-state index is 0.651. The maximum Gasteiger partial charge on any atom is 0.0965 e. The molecule has 2 nitrogen and oxygen atoms in total. The van der Waals surface area contributed by atoms with Crippen molar-refractivity contribution in [3.05, 3.63) is 47.7 Å². The Morgan fingerprint density at radius 1 is 0.933 bits per heavy atom. The zero-order valence-corrected chi connectivity index (χ0v) is 8.57. The van der Waals surface area contributed by atoms with E-state index in [1.165, 1.54) is 0 Å². The molecule has 0 saturated heterocycles. The van der Waals surface area contributed by atoms with Crippen LogP contribution in [0.1, 0.15) is 0 Å². The highest BCUT2D eigenvalue weighted by atomic mass is 35.5. The fourth-order valence-corrected chi connectivity index (χ4v) is 1.88. The largest absolute Gasteiger partial charge is 0.254 e. The van der Waals surface area contributed by atoms with Crippen LogP contribution in [0, 0.1) is 0 Å². The van der Waals surface area contributed by atoms with Crippen molar-refractivity contribution >= 4 is 33.4 Å². The molecule has 0 fully saturated rings. The van der Waals surface area contributed by atoms with Crippen molar-refractivity contribution < 1.29 is 0 Å². The molecular formula is C12H7ClN2. The van der Waals surface area contributed by atoms with E-state index in [2.05, 4.69) is 9.97 Å². The van der Waals surface area contributed by atoms with E-state index in [9.17, 15) is 0 Å². The first kappa shape index (κ1) is 8.62. The van der Waals surface area contributed by atoms with Gasteiger partial charge in [-0.2, -0.15) is 0 Å². The van der Waals surface area contributed by atoms with Crippen LogP contribution in [-0.2, 0) is 0 Å². The third kappa shape index (κ3) is 1.34. The number of hydrogen-bond acceptors (Lipinski definition) is 2. The van der Waals surface area contributed by atoms with Crippen LogP contribution in [0.15, 0.2) is 42.7 Å². The fourth-order valence-electron chi connectivity index (χ4n) is 1.71. The first-order valence-corrected chi connectivity index (χ1v) is 5.01. The summed E-state index contributed by atoms with van der Waals surface area (Å²) >= 11 is 5.89. The molecule has 0 unspecified atom stereocenters. The molecule has 0 aliphatic rings. The van der Waals surface area contributed by atoms with Crippen LogP contribution in [0.5, 0.6) is 0 Å². The van der Waals surface area contributed by atoms with Crippen LogP contribution in [0.4, 0.5) is 0 Å². The third-order valence-corrected chi connectivity index (χ3v) is 2.60. The number of aromatic nitrogens is 2. The topological polar surface area (TPSA) is 25.8 Å². The standard InChI is InChI=1S/C12H7ClN2/c13-10-6-9-4-3-8-2-1-5-14-11(8)12(9)15-7-10/h1-7H. The number of benzene rings is 1. The monoisotopic (exact) mass is 214 g/mol. The Morgan fingerprint density at radius 3 is 2.67 bits per heavy atom. The number of halogens is 1. The summed E-state index contributed by atoms with van der Waals surface area (Å²) in [4.78, 5) is 8.65. The van der Waals surface area contributed by atoms with Gasteiger partial charge in [0.05, 0.1) is 16.1 Å². The quantitative estimate of drug-likeness (QED) is 0.536. The maximum absolute atomic E-state index is 5.89. The van der Waals surface area contributed by atoms with Gasteiger partial charge in [-0.15, -0.1) is 0 Å². The van der Waals surface area contributed by atoms with E-state index in [0.717, 1.165) is 21.8 Å². The van der Waals surface area contributed by atoms with Crippen LogP contribution in [0.3, 0.4) is 0 Å². The van der Waals surface area contributed by atoms with Gasteiger partial charge in [0, 0.05) is 23.2 Å². The smallest absolute Gasteiger partial charge is 0.0965 e. The predicted molar refractivity (Wildman–Crippen MR) is 62.1 cm³/mol. The van der Waals surface area contributed by atoms with Gasteiger partial charge in [-0.05, 0) is 12.1 Å². The number of pyridine rings is 2. The van der Waals surface area contributed by atoms with Gasteiger partial charge >= 0.3 is 0 Å². The molecule has 0 spiro atoms. The molecule has 0 saturated carbocycles. The normalized spacial score (nSPS) is 11.0. The van der Waals surface area contributed by atoms with Crippen LogP contribution in [0.2, 0.25) is 5.02 Å². The number of rotatable bonds is 0. The van der Waals surface area contributed by atoms with Crippen LogP contribution in [0.25, 0.3) is 21.8 Å². The summed E-state index contributed by atoms with van der Waals surface area (Å²) in [6.45, 7) is 0. The minimum absolute atomic E-state index is 0.651. The zero-order chi connectivity index (χ0) is 10.3. The number of fused-ring (bicyclic) bond motifs is 3. The zero-order valence-electron chi connectivity index (χ0n) is 7.81. The van der Waals surface area contributed by atoms with Crippen molar-refractivity contribution in [3.8, 4) is 0 Å². The summed E-state index contributed by atoms with van der Waals surface area (Å²) in [6.07, 6.45) is 3.43. The average molecular weight is 215 g/mol. The van der Waals surface area contributed by atoms with E-state index < -0.39 is 0 Å². The van der Waals surface area contributed by atoms with Crippen molar-refractivity contribution in [2.45, 2.75) is 0 Å². The molecule has 2 aromatic heterocycles. The van der Waals surface area contributed by atoms with Crippen LogP contribution in [-0.4, -0.2) is 9.97 Å². The van der Waals surface area contributed by atoms with Crippen LogP contribution < -0.4 is 0 Å². The predicted octanol–water partition coefficient (Wildman–Crippen LogP) is 3.44. The summed E-state index contributed by atoms with van der Waals surface area (Å²) in [6, 6.07) is 9.89. The molecule has 1 aromatic carbocycles. The Hall–Kier alpha value is -1.67. The Kier molecular flexibility index (Phi) is 1.82. The SMILES string of the molecule is Clc1cnc2c(ccc3cccnc32)c1. The third-order valence-electron chi connectivity index (χ3n) is 2.39. The van der Waals surface area contributed by atoms with Crippen molar-refractivity contribution in [1.82, 2.24) is 9.97 Å². The molecule has 0 radical (unpaired) electrons. The average Bonchev–Trinajstić information content (AvgIpc) is 2.28. The van der Waals surface area contributed by atoms with Gasteiger partial charge in [-0.1, -0.05) is 29.8 Å². The maximum atomic E-state index is 5.89. The molecule has 3 heteroatoms. The molecular weight excluding hydrogens is 208 g/mol. The molecule has 0 aliphatic heterocycles. The van der Waals surface area contributed by atoms with E-state index in [-0.39, 0.29) is 0 Å². The summed E-state index contributed by atoms with van der Waals surface area (Å²) in [5, 5.41) is 2.77. The Labute approximate surface area is 91.5 Å². The number of hydrogen-bond donors (Lipinski definition) is 0. The molecule has 2 heterocycles. The number of nitrogens with zero attached hydrogens (tertiary/aromatic N) is 2. The Bertz CT molecular complexity index is 649. The highest BCUT2D eigenvalue weighted by Crippen LogP contribution is 2.23. The Morgan fingerprint density at radius 2 is 1.73 bits per heavy atom. The molecule has 3 aromatic rings. The summed E-state index contributed by atoms with van der Waals surface area (Å²) < 4.78 is 0. The van der Waals surface area contributed by atoms with Crippen molar-refractivity contribution in [3.63, 3.8) is 0 Å². The highest BCUT2D eigenvalue weighted by Gasteiger charge is 2.02. The summed E-state index contributed by atoms with van der Waals surface area (Å²) in [5.74, 6) is 0. The summed E-state index contributed by atoms with van der Waals surface area (Å²) in [7, 11) is 0. The molecule has 0 bridgehead atoms. The van der Waals surface area contributed by atoms with E-state index >= 15 is 0 Å². The van der Waals surface area contributed by atoms with E-state index in [0.29, 0.717) is 5.02 Å². The first-order chi connectivity index (χ1) is 7.34. The highest BCUT2D eigenvalue weighted by molar-refractivity contribution is 6.31. The lowest BCUT2D eigenvalue weighted by Gasteiger charge is -2.01. The molecule has 3 rings (SSSR count). The lowest BCUT2D eigenvalue weighted by Crippen LogP contribution is -1.84. The van der Waals surface area contributed by atoms with Gasteiger partial charge in [-0.25, -0.2) is 0 Å². The van der Waals surface area contributed by atoms with Crippen molar-refractivity contribution in [1.29, 1.82) is 0 Å². The second-order valence-electron chi connectivity index (χ2n) is 3.37. The minimum Gasteiger partial charge on any atom is -0.254 e. The Balaban J connectivity index is 2.55. The molecule has 15 heavy (non-hydrogen) atoms. The lowest BCUT2D eigenvalue weighted by atomic mass is 10.1. The van der Waals surface area contributed by atoms with E-state index in [1.54, 1.807) is 12.4 Å². The van der Waals surface area contributed by atoms with Crippen molar-refractivity contribution in [2.24, 2.45) is 0 Å². The van der Waals surface area contributed by atoms with Gasteiger partial charge in [0.15, 0.2) is 0 Å².